The van der Waals surface area contributed by atoms with Crippen LogP contribution in [0.1, 0.15) is 10.5 Å². The lowest BCUT2D eigenvalue weighted by molar-refractivity contribution is 0.102. The lowest BCUT2D eigenvalue weighted by Crippen LogP contribution is -2.12. The zero-order chi connectivity index (χ0) is 16.5. The molecule has 3 aromatic carbocycles. The van der Waals surface area contributed by atoms with Crippen molar-refractivity contribution in [2.75, 3.05) is 12.4 Å². The van der Waals surface area contributed by atoms with Crippen molar-refractivity contribution in [3.63, 3.8) is 0 Å². The third-order valence-electron chi connectivity index (χ3n) is 4.13. The van der Waals surface area contributed by atoms with Crippen LogP contribution in [0.2, 0.25) is 0 Å². The Kier molecular flexibility index (Phi) is 3.43. The number of methoxy groups -OCH3 is 1. The third kappa shape index (κ3) is 2.38. The minimum absolute atomic E-state index is 0.176. The molecular formula is C20H16N2O2. The Hall–Kier alpha value is -3.27. The summed E-state index contributed by atoms with van der Waals surface area (Å²) < 4.78 is 5.34. The van der Waals surface area contributed by atoms with Crippen molar-refractivity contribution < 1.29 is 9.53 Å². The molecule has 1 aromatic heterocycles. The van der Waals surface area contributed by atoms with E-state index in [0.717, 1.165) is 33.1 Å². The first-order valence-corrected chi connectivity index (χ1v) is 7.71. The van der Waals surface area contributed by atoms with Crippen molar-refractivity contribution in [3.05, 3.63) is 72.4 Å². The molecule has 0 unspecified atom stereocenters. The third-order valence-corrected chi connectivity index (χ3v) is 4.13. The van der Waals surface area contributed by atoms with Crippen LogP contribution in [0.3, 0.4) is 0 Å². The van der Waals surface area contributed by atoms with Crippen molar-refractivity contribution in [2.24, 2.45) is 0 Å². The van der Waals surface area contributed by atoms with Gasteiger partial charge in [-0.2, -0.15) is 0 Å². The molecule has 0 saturated heterocycles. The smallest absolute Gasteiger partial charge is 0.272 e. The van der Waals surface area contributed by atoms with Crippen molar-refractivity contribution >= 4 is 33.3 Å². The number of aromatic nitrogens is 1. The zero-order valence-corrected chi connectivity index (χ0v) is 13.2. The van der Waals surface area contributed by atoms with Gasteiger partial charge in [0.2, 0.25) is 0 Å². The number of ether oxygens (including phenoxy) is 1. The SMILES string of the molecule is COc1cccc2[nH]c(C(=O)Nc3cccc4ccccc34)cc12. The van der Waals surface area contributed by atoms with Gasteiger partial charge >= 0.3 is 0 Å². The van der Waals surface area contributed by atoms with Crippen LogP contribution >= 0.6 is 0 Å². The number of amides is 1. The second-order valence-corrected chi connectivity index (χ2v) is 5.59. The summed E-state index contributed by atoms with van der Waals surface area (Å²) in [7, 11) is 1.62. The van der Waals surface area contributed by atoms with Crippen molar-refractivity contribution in [3.8, 4) is 5.75 Å². The number of rotatable bonds is 3. The van der Waals surface area contributed by atoms with Crippen LogP contribution in [0.5, 0.6) is 5.75 Å². The van der Waals surface area contributed by atoms with Gasteiger partial charge in [0.1, 0.15) is 11.4 Å². The van der Waals surface area contributed by atoms with E-state index < -0.39 is 0 Å². The van der Waals surface area contributed by atoms with Gasteiger partial charge in [-0.25, -0.2) is 0 Å². The van der Waals surface area contributed by atoms with Crippen LogP contribution in [0.15, 0.2) is 66.7 Å². The van der Waals surface area contributed by atoms with Gasteiger partial charge in [0.15, 0.2) is 0 Å². The fourth-order valence-corrected chi connectivity index (χ4v) is 2.95. The molecule has 0 bridgehead atoms. The van der Waals surface area contributed by atoms with Gasteiger partial charge in [0.25, 0.3) is 5.91 Å². The Morgan fingerprint density at radius 2 is 1.75 bits per heavy atom. The topological polar surface area (TPSA) is 54.1 Å². The average molecular weight is 316 g/mol. The number of benzene rings is 3. The first kappa shape index (κ1) is 14.3. The van der Waals surface area contributed by atoms with E-state index >= 15 is 0 Å². The highest BCUT2D eigenvalue weighted by atomic mass is 16.5. The second-order valence-electron chi connectivity index (χ2n) is 5.59. The van der Waals surface area contributed by atoms with Crippen LogP contribution in [-0.4, -0.2) is 18.0 Å². The summed E-state index contributed by atoms with van der Waals surface area (Å²) >= 11 is 0. The normalized spacial score (nSPS) is 10.9. The summed E-state index contributed by atoms with van der Waals surface area (Å²) in [6, 6.07) is 21.4. The molecule has 1 amide bonds. The summed E-state index contributed by atoms with van der Waals surface area (Å²) in [6.45, 7) is 0. The molecule has 0 fully saturated rings. The number of fused-ring (bicyclic) bond motifs is 2. The molecule has 24 heavy (non-hydrogen) atoms. The molecule has 4 rings (SSSR count). The molecule has 4 aromatic rings. The van der Waals surface area contributed by atoms with E-state index in [2.05, 4.69) is 10.3 Å². The highest BCUT2D eigenvalue weighted by Crippen LogP contribution is 2.27. The molecule has 0 spiro atoms. The van der Waals surface area contributed by atoms with Gasteiger partial charge in [-0.15, -0.1) is 0 Å². The van der Waals surface area contributed by atoms with Crippen molar-refractivity contribution in [1.82, 2.24) is 4.98 Å². The fraction of sp³-hybridized carbons (Fsp3) is 0.0500. The summed E-state index contributed by atoms with van der Waals surface area (Å²) in [5, 5.41) is 5.99. The maximum absolute atomic E-state index is 12.6. The number of nitrogens with one attached hydrogen (secondary N) is 2. The first-order chi connectivity index (χ1) is 11.8. The lowest BCUT2D eigenvalue weighted by atomic mass is 10.1. The second kappa shape index (κ2) is 5.74. The summed E-state index contributed by atoms with van der Waals surface area (Å²) in [5.74, 6) is 0.567. The van der Waals surface area contributed by atoms with E-state index in [4.69, 9.17) is 4.74 Å². The number of H-pyrrole nitrogens is 1. The Morgan fingerprint density at radius 1 is 0.958 bits per heavy atom. The molecule has 0 aliphatic heterocycles. The van der Waals surface area contributed by atoms with Gasteiger partial charge in [0, 0.05) is 22.0 Å². The minimum Gasteiger partial charge on any atom is -0.496 e. The van der Waals surface area contributed by atoms with Crippen molar-refractivity contribution in [2.45, 2.75) is 0 Å². The van der Waals surface area contributed by atoms with E-state index in [1.54, 1.807) is 7.11 Å². The van der Waals surface area contributed by atoms with E-state index in [-0.39, 0.29) is 5.91 Å². The number of anilines is 1. The fourth-order valence-electron chi connectivity index (χ4n) is 2.95. The number of hydrogen-bond donors (Lipinski definition) is 2. The van der Waals surface area contributed by atoms with Crippen LogP contribution < -0.4 is 10.1 Å². The monoisotopic (exact) mass is 316 g/mol. The van der Waals surface area contributed by atoms with Gasteiger partial charge in [-0.05, 0) is 29.7 Å². The molecule has 0 radical (unpaired) electrons. The molecule has 0 atom stereocenters. The van der Waals surface area contributed by atoms with E-state index in [1.807, 2.05) is 66.7 Å². The molecule has 1 heterocycles. The van der Waals surface area contributed by atoms with Crippen LogP contribution in [-0.2, 0) is 0 Å². The summed E-state index contributed by atoms with van der Waals surface area (Å²) in [4.78, 5) is 15.8. The molecule has 4 nitrogen and oxygen atoms in total. The summed E-state index contributed by atoms with van der Waals surface area (Å²) in [5.41, 5.74) is 2.17. The highest BCUT2D eigenvalue weighted by molar-refractivity contribution is 6.10. The van der Waals surface area contributed by atoms with Gasteiger partial charge in [-0.3, -0.25) is 4.79 Å². The Morgan fingerprint density at radius 3 is 2.62 bits per heavy atom. The van der Waals surface area contributed by atoms with Gasteiger partial charge < -0.3 is 15.0 Å². The molecule has 4 heteroatoms. The Bertz CT molecular complexity index is 1040. The highest BCUT2D eigenvalue weighted by Gasteiger charge is 2.13. The minimum atomic E-state index is -0.176. The number of carbonyl (C=O) groups excluding carboxylic acids is 1. The maximum Gasteiger partial charge on any atom is 0.272 e. The number of aromatic amines is 1. The van der Waals surface area contributed by atoms with E-state index in [0.29, 0.717) is 5.69 Å². The maximum atomic E-state index is 12.6. The van der Waals surface area contributed by atoms with Crippen LogP contribution in [0.25, 0.3) is 21.7 Å². The zero-order valence-electron chi connectivity index (χ0n) is 13.2. The van der Waals surface area contributed by atoms with E-state index in [1.165, 1.54) is 0 Å². The molecule has 0 saturated carbocycles. The first-order valence-electron chi connectivity index (χ1n) is 7.71. The Labute approximate surface area is 139 Å². The quantitative estimate of drug-likeness (QED) is 0.581. The van der Waals surface area contributed by atoms with E-state index in [9.17, 15) is 4.79 Å². The molecule has 0 aliphatic carbocycles. The molecule has 118 valence electrons. The largest absolute Gasteiger partial charge is 0.496 e. The van der Waals surface area contributed by atoms with Gasteiger partial charge in [0.05, 0.1) is 7.11 Å². The predicted octanol–water partition coefficient (Wildman–Crippen LogP) is 4.58. The van der Waals surface area contributed by atoms with Crippen LogP contribution in [0.4, 0.5) is 5.69 Å². The lowest BCUT2D eigenvalue weighted by Gasteiger charge is -2.07. The molecular weight excluding hydrogens is 300 g/mol. The number of hydrogen-bond acceptors (Lipinski definition) is 2. The van der Waals surface area contributed by atoms with Crippen LogP contribution in [0, 0.1) is 0 Å². The summed E-state index contributed by atoms with van der Waals surface area (Å²) in [6.07, 6.45) is 0. The molecule has 0 aliphatic rings. The number of carbonyl (C=O) groups is 1. The van der Waals surface area contributed by atoms with Crippen molar-refractivity contribution in [1.29, 1.82) is 0 Å². The predicted molar refractivity (Wildman–Crippen MR) is 96.8 cm³/mol. The average Bonchev–Trinajstić information content (AvgIpc) is 3.06. The standard InChI is InChI=1S/C20H16N2O2/c1-24-19-11-5-10-17-15(19)12-18(21-17)20(23)22-16-9-4-7-13-6-2-3-8-14(13)16/h2-12,21H,1H3,(H,22,23). The molecule has 2 N–H and O–H groups in total. The Balaban J connectivity index is 1.71. The van der Waals surface area contributed by atoms with Gasteiger partial charge in [-0.1, -0.05) is 42.5 Å².